The summed E-state index contributed by atoms with van der Waals surface area (Å²) in [7, 11) is 3.27. The Hall–Kier alpha value is -2.91. The minimum absolute atomic E-state index is 0.0548. The summed E-state index contributed by atoms with van der Waals surface area (Å²) in [5, 5.41) is 12.2. The molecule has 2 aromatic heterocycles. The molecule has 0 unspecified atom stereocenters. The Balaban J connectivity index is 1.81. The van der Waals surface area contributed by atoms with E-state index in [-0.39, 0.29) is 11.7 Å². The zero-order valence-electron chi connectivity index (χ0n) is 16.4. The molecule has 0 aliphatic heterocycles. The molecule has 3 aromatic rings. The lowest BCUT2D eigenvalue weighted by atomic mass is 10.2. The molecular weight excluding hydrogens is 390 g/mol. The zero-order chi connectivity index (χ0) is 20.5. The van der Waals surface area contributed by atoms with E-state index >= 15 is 0 Å². The van der Waals surface area contributed by atoms with Crippen molar-refractivity contribution in [2.45, 2.75) is 11.6 Å². The number of pyridine rings is 1. The summed E-state index contributed by atoms with van der Waals surface area (Å²) in [6.07, 6.45) is 4.20. The van der Waals surface area contributed by atoms with Crippen molar-refractivity contribution in [3.8, 4) is 22.8 Å². The summed E-state index contributed by atoms with van der Waals surface area (Å²) in [5.74, 6) is 1.63. The number of nitrogens with one attached hydrogen (secondary N) is 1. The SMILES string of the molecule is COCCCNC(=O)CSc1nnc(-c2ccncc2)n1-c1ccc(OC)cc1. The van der Waals surface area contributed by atoms with Gasteiger partial charge in [0.15, 0.2) is 11.0 Å². The molecule has 152 valence electrons. The Morgan fingerprint density at radius 1 is 1.10 bits per heavy atom. The van der Waals surface area contributed by atoms with Gasteiger partial charge in [0.2, 0.25) is 5.91 Å². The van der Waals surface area contributed by atoms with E-state index < -0.39 is 0 Å². The normalized spacial score (nSPS) is 10.7. The highest BCUT2D eigenvalue weighted by atomic mass is 32.2. The highest BCUT2D eigenvalue weighted by Crippen LogP contribution is 2.28. The number of hydrogen-bond acceptors (Lipinski definition) is 7. The number of benzene rings is 1. The predicted molar refractivity (Wildman–Crippen MR) is 111 cm³/mol. The summed E-state index contributed by atoms with van der Waals surface area (Å²) in [6.45, 7) is 1.20. The van der Waals surface area contributed by atoms with Crippen LogP contribution in [0.15, 0.2) is 53.9 Å². The van der Waals surface area contributed by atoms with Gasteiger partial charge in [-0.2, -0.15) is 0 Å². The zero-order valence-corrected chi connectivity index (χ0v) is 17.2. The van der Waals surface area contributed by atoms with E-state index in [0.29, 0.717) is 24.1 Å². The fourth-order valence-corrected chi connectivity index (χ4v) is 3.42. The fourth-order valence-electron chi connectivity index (χ4n) is 2.64. The molecule has 2 heterocycles. The third-order valence-corrected chi connectivity index (χ3v) is 5.01. The molecule has 1 amide bonds. The number of aromatic nitrogens is 4. The lowest BCUT2D eigenvalue weighted by Crippen LogP contribution is -2.26. The first-order chi connectivity index (χ1) is 14.2. The number of carbonyl (C=O) groups excluding carboxylic acids is 1. The van der Waals surface area contributed by atoms with Gasteiger partial charge in [0, 0.05) is 43.9 Å². The quantitative estimate of drug-likeness (QED) is 0.403. The number of nitrogens with zero attached hydrogens (tertiary/aromatic N) is 4. The summed E-state index contributed by atoms with van der Waals surface area (Å²) in [4.78, 5) is 16.2. The highest BCUT2D eigenvalue weighted by molar-refractivity contribution is 7.99. The molecule has 1 N–H and O–H groups in total. The van der Waals surface area contributed by atoms with Crippen molar-refractivity contribution in [1.82, 2.24) is 25.1 Å². The van der Waals surface area contributed by atoms with Crippen LogP contribution in [0.1, 0.15) is 6.42 Å². The number of amides is 1. The number of rotatable bonds is 10. The van der Waals surface area contributed by atoms with E-state index in [0.717, 1.165) is 23.4 Å². The summed E-state index contributed by atoms with van der Waals surface area (Å²) in [6, 6.07) is 11.4. The van der Waals surface area contributed by atoms with Crippen LogP contribution in [-0.2, 0) is 9.53 Å². The lowest BCUT2D eigenvalue weighted by Gasteiger charge is -2.11. The van der Waals surface area contributed by atoms with Crippen LogP contribution in [0.2, 0.25) is 0 Å². The number of hydrogen-bond donors (Lipinski definition) is 1. The van der Waals surface area contributed by atoms with Gasteiger partial charge in [-0.15, -0.1) is 10.2 Å². The van der Waals surface area contributed by atoms with Gasteiger partial charge in [-0.25, -0.2) is 0 Å². The smallest absolute Gasteiger partial charge is 0.230 e. The molecule has 9 heteroatoms. The van der Waals surface area contributed by atoms with Crippen LogP contribution in [-0.4, -0.2) is 58.8 Å². The fraction of sp³-hybridized carbons (Fsp3) is 0.300. The Kier molecular flexibility index (Phi) is 7.60. The standard InChI is InChI=1S/C20H23N5O3S/c1-27-13-3-10-22-18(26)14-29-20-24-23-19(15-8-11-21-12-9-15)25(20)16-4-6-17(28-2)7-5-16/h4-9,11-12H,3,10,13-14H2,1-2H3,(H,22,26). The van der Waals surface area contributed by atoms with E-state index in [1.807, 2.05) is 41.0 Å². The number of thioether (sulfide) groups is 1. The molecule has 1 aromatic carbocycles. The molecule has 3 rings (SSSR count). The van der Waals surface area contributed by atoms with Crippen molar-refractivity contribution in [2.24, 2.45) is 0 Å². The molecule has 0 aliphatic rings. The summed E-state index contributed by atoms with van der Waals surface area (Å²) in [5.41, 5.74) is 1.77. The van der Waals surface area contributed by atoms with Crippen molar-refractivity contribution in [3.05, 3.63) is 48.8 Å². The first-order valence-electron chi connectivity index (χ1n) is 9.11. The topological polar surface area (TPSA) is 91.2 Å². The van der Waals surface area contributed by atoms with E-state index in [9.17, 15) is 4.79 Å². The van der Waals surface area contributed by atoms with Crippen LogP contribution in [0, 0.1) is 0 Å². The summed E-state index contributed by atoms with van der Waals surface area (Å²) >= 11 is 1.34. The maximum Gasteiger partial charge on any atom is 0.230 e. The van der Waals surface area contributed by atoms with E-state index in [4.69, 9.17) is 9.47 Å². The molecule has 0 aliphatic carbocycles. The van der Waals surface area contributed by atoms with Gasteiger partial charge < -0.3 is 14.8 Å². The maximum absolute atomic E-state index is 12.1. The minimum atomic E-state index is -0.0548. The first-order valence-corrected chi connectivity index (χ1v) is 10.1. The average molecular weight is 414 g/mol. The average Bonchev–Trinajstić information content (AvgIpc) is 3.20. The van der Waals surface area contributed by atoms with Crippen molar-refractivity contribution < 1.29 is 14.3 Å². The molecule has 0 saturated heterocycles. The largest absolute Gasteiger partial charge is 0.497 e. The maximum atomic E-state index is 12.1. The second kappa shape index (κ2) is 10.6. The van der Waals surface area contributed by atoms with Crippen LogP contribution in [0.25, 0.3) is 17.1 Å². The number of methoxy groups -OCH3 is 2. The monoisotopic (exact) mass is 413 g/mol. The van der Waals surface area contributed by atoms with Crippen molar-refractivity contribution in [3.63, 3.8) is 0 Å². The Morgan fingerprint density at radius 3 is 2.55 bits per heavy atom. The molecule has 0 fully saturated rings. The number of ether oxygens (including phenoxy) is 2. The molecular formula is C20H23N5O3S. The van der Waals surface area contributed by atoms with Crippen LogP contribution in [0.5, 0.6) is 5.75 Å². The Bertz CT molecular complexity index is 916. The molecule has 0 bridgehead atoms. The van der Waals surface area contributed by atoms with Crippen LogP contribution in [0.3, 0.4) is 0 Å². The molecule has 0 radical (unpaired) electrons. The molecule has 0 saturated carbocycles. The Labute approximate surface area is 173 Å². The van der Waals surface area contributed by atoms with Gasteiger partial charge in [0.05, 0.1) is 12.9 Å². The lowest BCUT2D eigenvalue weighted by molar-refractivity contribution is -0.118. The van der Waals surface area contributed by atoms with Crippen LogP contribution >= 0.6 is 11.8 Å². The molecule has 8 nitrogen and oxygen atoms in total. The van der Waals surface area contributed by atoms with E-state index in [1.54, 1.807) is 26.6 Å². The van der Waals surface area contributed by atoms with Crippen molar-refractivity contribution in [2.75, 3.05) is 33.1 Å². The second-order valence-electron chi connectivity index (χ2n) is 6.06. The third kappa shape index (κ3) is 5.55. The Morgan fingerprint density at radius 2 is 1.86 bits per heavy atom. The minimum Gasteiger partial charge on any atom is -0.497 e. The molecule has 29 heavy (non-hydrogen) atoms. The van der Waals surface area contributed by atoms with Crippen LogP contribution in [0.4, 0.5) is 0 Å². The van der Waals surface area contributed by atoms with Gasteiger partial charge in [0.25, 0.3) is 0 Å². The van der Waals surface area contributed by atoms with Crippen molar-refractivity contribution >= 4 is 17.7 Å². The van der Waals surface area contributed by atoms with Gasteiger partial charge in [-0.1, -0.05) is 11.8 Å². The van der Waals surface area contributed by atoms with E-state index in [1.165, 1.54) is 11.8 Å². The second-order valence-corrected chi connectivity index (χ2v) is 7.00. The predicted octanol–water partition coefficient (Wildman–Crippen LogP) is 2.58. The highest BCUT2D eigenvalue weighted by Gasteiger charge is 2.17. The first kappa shape index (κ1) is 20.8. The van der Waals surface area contributed by atoms with E-state index in [2.05, 4.69) is 20.5 Å². The number of carbonyl (C=O) groups is 1. The summed E-state index contributed by atoms with van der Waals surface area (Å²) < 4.78 is 12.2. The van der Waals surface area contributed by atoms with Crippen molar-refractivity contribution in [1.29, 1.82) is 0 Å². The van der Waals surface area contributed by atoms with Gasteiger partial charge in [-0.3, -0.25) is 14.3 Å². The van der Waals surface area contributed by atoms with Gasteiger partial charge in [-0.05, 0) is 42.8 Å². The molecule has 0 spiro atoms. The van der Waals surface area contributed by atoms with Crippen LogP contribution < -0.4 is 10.1 Å². The van der Waals surface area contributed by atoms with Gasteiger partial charge >= 0.3 is 0 Å². The van der Waals surface area contributed by atoms with Gasteiger partial charge in [0.1, 0.15) is 5.75 Å². The molecule has 0 atom stereocenters. The third-order valence-electron chi connectivity index (χ3n) is 4.08.